The number of likely N-dealkylation sites (N-methyl/N-ethyl adjacent to an activating group) is 1. The summed E-state index contributed by atoms with van der Waals surface area (Å²) in [7, 11) is 2.13. The highest BCUT2D eigenvalue weighted by Crippen LogP contribution is 2.23. The van der Waals surface area contributed by atoms with Crippen molar-refractivity contribution >= 4 is 51.5 Å². The predicted octanol–water partition coefficient (Wildman–Crippen LogP) is 3.59. The van der Waals surface area contributed by atoms with Crippen LogP contribution in [0.4, 0.5) is 24.7 Å². The predicted molar refractivity (Wildman–Crippen MR) is 147 cm³/mol. The van der Waals surface area contributed by atoms with E-state index in [-0.39, 0.29) is 11.8 Å². The summed E-state index contributed by atoms with van der Waals surface area (Å²) in [5.41, 5.74) is 2.88. The lowest BCUT2D eigenvalue weighted by Gasteiger charge is -2.34. The van der Waals surface area contributed by atoms with Crippen LogP contribution in [0.1, 0.15) is 25.7 Å². The largest absolute Gasteiger partial charge is 0.490 e. The van der Waals surface area contributed by atoms with Gasteiger partial charge in [0, 0.05) is 60.0 Å². The van der Waals surface area contributed by atoms with E-state index >= 15 is 0 Å². The zero-order valence-electron chi connectivity index (χ0n) is 21.7. The quantitative estimate of drug-likeness (QED) is 0.267. The molecule has 2 aromatic carbocycles. The number of aromatic nitrogens is 3. The monoisotopic (exact) mass is 589 g/mol. The van der Waals surface area contributed by atoms with Gasteiger partial charge in [0.05, 0.1) is 12.1 Å². The molecule has 2 aromatic heterocycles. The van der Waals surface area contributed by atoms with E-state index in [4.69, 9.17) is 9.90 Å². The Kier molecular flexibility index (Phi) is 9.19. The number of carbonyl (C=O) groups is 3. The second kappa shape index (κ2) is 12.8. The molecule has 3 heterocycles. The molecule has 0 atom stereocenters. The van der Waals surface area contributed by atoms with Crippen molar-refractivity contribution in [2.45, 2.75) is 12.7 Å². The summed E-state index contributed by atoms with van der Waals surface area (Å²) in [6.45, 7) is 4.37. The van der Waals surface area contributed by atoms with Crippen molar-refractivity contribution in [3.05, 3.63) is 70.2 Å². The molecule has 1 saturated heterocycles. The number of benzene rings is 2. The lowest BCUT2D eigenvalue weighted by atomic mass is 10.1. The van der Waals surface area contributed by atoms with Crippen molar-refractivity contribution in [2.75, 3.05) is 43.4 Å². The Labute approximate surface area is 236 Å². The van der Waals surface area contributed by atoms with Crippen LogP contribution in [0.2, 0.25) is 0 Å². The molecule has 0 bridgehead atoms. The van der Waals surface area contributed by atoms with Gasteiger partial charge in [-0.1, -0.05) is 0 Å². The van der Waals surface area contributed by atoms with Crippen LogP contribution in [0.3, 0.4) is 0 Å². The van der Waals surface area contributed by atoms with Crippen LogP contribution in [0, 0.1) is 0 Å². The Bertz CT molecular complexity index is 1500. The first-order valence-electron chi connectivity index (χ1n) is 12.3. The van der Waals surface area contributed by atoms with Crippen LogP contribution >= 0.6 is 11.3 Å². The molecule has 0 aliphatic carbocycles. The molecular weight excluding hydrogens is 563 g/mol. The molecular formula is C26H26F3N7O4S. The third kappa shape index (κ3) is 7.79. The Morgan fingerprint density at radius 1 is 1.02 bits per heavy atom. The first-order chi connectivity index (χ1) is 19.5. The van der Waals surface area contributed by atoms with E-state index in [2.05, 4.69) is 42.7 Å². The summed E-state index contributed by atoms with van der Waals surface area (Å²) in [5.74, 6) is -2.84. The maximum absolute atomic E-state index is 12.9. The molecule has 216 valence electrons. The van der Waals surface area contributed by atoms with E-state index in [9.17, 15) is 22.8 Å². The maximum Gasteiger partial charge on any atom is 0.490 e. The molecule has 1 fully saturated rings. The molecule has 2 amide bonds. The zero-order chi connectivity index (χ0) is 29.6. The van der Waals surface area contributed by atoms with E-state index in [0.29, 0.717) is 28.9 Å². The lowest BCUT2D eigenvalue weighted by molar-refractivity contribution is -0.192. The van der Waals surface area contributed by atoms with Crippen LogP contribution < -0.4 is 15.5 Å². The molecule has 0 saturated carbocycles. The van der Waals surface area contributed by atoms with Gasteiger partial charge in [0.2, 0.25) is 0 Å². The fourth-order valence-corrected chi connectivity index (χ4v) is 4.47. The van der Waals surface area contributed by atoms with Gasteiger partial charge in [-0.15, -0.1) is 11.3 Å². The molecule has 4 N–H and O–H groups in total. The minimum atomic E-state index is -5.08. The summed E-state index contributed by atoms with van der Waals surface area (Å²) < 4.78 is 31.7. The molecule has 1 aliphatic rings. The van der Waals surface area contributed by atoms with E-state index in [1.165, 1.54) is 11.3 Å². The van der Waals surface area contributed by atoms with Gasteiger partial charge >= 0.3 is 12.1 Å². The van der Waals surface area contributed by atoms with Crippen molar-refractivity contribution in [1.82, 2.24) is 25.4 Å². The third-order valence-electron chi connectivity index (χ3n) is 6.18. The molecule has 41 heavy (non-hydrogen) atoms. The number of nitrogens with one attached hydrogen (secondary N) is 3. The SMILES string of the molecule is CN1CCN(c2ccc(C(=O)Nc3n[nH]c4ccc(C(=O)NCc5nccs5)cc34)cc2)CC1.O=C(O)C(F)(F)F. The van der Waals surface area contributed by atoms with Crippen LogP contribution in [-0.4, -0.2) is 82.4 Å². The highest BCUT2D eigenvalue weighted by molar-refractivity contribution is 7.09. The number of thiazole rings is 1. The first kappa shape index (κ1) is 29.5. The minimum Gasteiger partial charge on any atom is -0.475 e. The molecule has 5 rings (SSSR count). The van der Waals surface area contributed by atoms with E-state index < -0.39 is 12.1 Å². The van der Waals surface area contributed by atoms with Crippen molar-refractivity contribution < 1.29 is 32.7 Å². The molecule has 15 heteroatoms. The van der Waals surface area contributed by atoms with Crippen molar-refractivity contribution in [2.24, 2.45) is 0 Å². The van der Waals surface area contributed by atoms with Gasteiger partial charge in [0.15, 0.2) is 5.82 Å². The number of anilines is 2. The first-order valence-corrected chi connectivity index (χ1v) is 13.2. The van der Waals surface area contributed by atoms with Gasteiger partial charge in [-0.2, -0.15) is 18.3 Å². The average Bonchev–Trinajstić information content (AvgIpc) is 3.62. The number of carbonyl (C=O) groups excluding carboxylic acids is 2. The second-order valence-corrected chi connectivity index (χ2v) is 10.0. The summed E-state index contributed by atoms with van der Waals surface area (Å²) >= 11 is 1.49. The summed E-state index contributed by atoms with van der Waals surface area (Å²) in [6.07, 6.45) is -3.38. The number of nitrogens with zero attached hydrogens (tertiary/aromatic N) is 4. The number of aliphatic carboxylic acids is 1. The number of fused-ring (bicyclic) bond motifs is 1. The molecule has 11 nitrogen and oxygen atoms in total. The van der Waals surface area contributed by atoms with Crippen molar-refractivity contribution in [3.8, 4) is 0 Å². The van der Waals surface area contributed by atoms with Crippen LogP contribution in [0.25, 0.3) is 10.9 Å². The van der Waals surface area contributed by atoms with Crippen molar-refractivity contribution in [3.63, 3.8) is 0 Å². The standard InChI is InChI=1S/C24H25N7O2S.C2HF3O2/c1-30-9-11-31(12-10-30)18-5-2-16(3-6-18)24(33)27-22-19-14-17(4-7-20(19)28-29-22)23(32)26-15-21-25-8-13-34-21;3-2(4,5)1(6)7/h2-8,13-14H,9-12,15H2,1H3,(H,26,32)(H2,27,28,29,33);(H,6,7). The van der Waals surface area contributed by atoms with E-state index in [1.54, 1.807) is 24.4 Å². The second-order valence-electron chi connectivity index (χ2n) is 9.04. The molecule has 1 aliphatic heterocycles. The number of carboxylic acids is 1. The summed E-state index contributed by atoms with van der Waals surface area (Å²) in [5, 5.41) is 23.4. The fourth-order valence-electron chi connectivity index (χ4n) is 3.92. The normalized spacial score (nSPS) is 13.8. The number of amides is 2. The van der Waals surface area contributed by atoms with Crippen LogP contribution in [-0.2, 0) is 11.3 Å². The molecule has 4 aromatic rings. The molecule has 0 spiro atoms. The third-order valence-corrected chi connectivity index (χ3v) is 6.96. The smallest absolute Gasteiger partial charge is 0.475 e. The highest BCUT2D eigenvalue weighted by Gasteiger charge is 2.38. The number of alkyl halides is 3. The number of piperazine rings is 1. The van der Waals surface area contributed by atoms with E-state index in [0.717, 1.165) is 42.4 Å². The van der Waals surface area contributed by atoms with Crippen molar-refractivity contribution in [1.29, 1.82) is 0 Å². The van der Waals surface area contributed by atoms with E-state index in [1.807, 2.05) is 29.6 Å². The fraction of sp³-hybridized carbons (Fsp3) is 0.269. The highest BCUT2D eigenvalue weighted by atomic mass is 32.1. The van der Waals surface area contributed by atoms with Gasteiger partial charge in [-0.05, 0) is 49.5 Å². The van der Waals surface area contributed by atoms with Crippen LogP contribution in [0.5, 0.6) is 0 Å². The topological polar surface area (TPSA) is 144 Å². The van der Waals surface area contributed by atoms with Crippen LogP contribution in [0.15, 0.2) is 54.0 Å². The number of aromatic amines is 1. The average molecular weight is 590 g/mol. The minimum absolute atomic E-state index is 0.213. The maximum atomic E-state index is 12.9. The number of H-pyrrole nitrogens is 1. The summed E-state index contributed by atoms with van der Waals surface area (Å²) in [6, 6.07) is 12.8. The lowest BCUT2D eigenvalue weighted by Crippen LogP contribution is -2.44. The zero-order valence-corrected chi connectivity index (χ0v) is 22.6. The Hall–Kier alpha value is -4.50. The van der Waals surface area contributed by atoms with Gasteiger partial charge in [0.1, 0.15) is 5.01 Å². The Morgan fingerprint density at radius 3 is 2.29 bits per heavy atom. The molecule has 0 radical (unpaired) electrons. The van der Waals surface area contributed by atoms with Gasteiger partial charge in [-0.25, -0.2) is 9.78 Å². The number of carboxylic acid groups (broad SMARTS) is 1. The van der Waals surface area contributed by atoms with Gasteiger partial charge in [0.25, 0.3) is 11.8 Å². The molecule has 0 unspecified atom stereocenters. The number of rotatable bonds is 6. The number of hydrogen-bond acceptors (Lipinski definition) is 8. The Morgan fingerprint density at radius 2 is 1.68 bits per heavy atom. The van der Waals surface area contributed by atoms with Gasteiger partial charge in [-0.3, -0.25) is 14.7 Å². The summed E-state index contributed by atoms with van der Waals surface area (Å²) in [4.78, 5) is 43.1. The number of halogens is 3. The Balaban J connectivity index is 0.000000493. The van der Waals surface area contributed by atoms with Gasteiger partial charge < -0.3 is 25.5 Å². The number of hydrogen-bond donors (Lipinski definition) is 4.